The lowest BCUT2D eigenvalue weighted by molar-refractivity contribution is -0.160. The van der Waals surface area contributed by atoms with E-state index in [2.05, 4.69) is 19.1 Å². The molecule has 4 atom stereocenters. The molecule has 2 heteroatoms. The first kappa shape index (κ1) is 9.44. The number of carboxylic acid groups (broad SMARTS) is 1. The molecule has 3 aliphatic carbocycles. The molecule has 3 rings (SSSR count). The molecule has 0 spiro atoms. The van der Waals surface area contributed by atoms with Crippen LogP contribution in [0.15, 0.2) is 12.2 Å². The van der Waals surface area contributed by atoms with Crippen LogP contribution in [0.4, 0.5) is 0 Å². The molecule has 2 bridgehead atoms. The summed E-state index contributed by atoms with van der Waals surface area (Å²) in [6.45, 7) is 2.17. The van der Waals surface area contributed by atoms with E-state index in [1.165, 1.54) is 6.42 Å². The molecule has 0 amide bonds. The third kappa shape index (κ3) is 0.812. The molecule has 15 heavy (non-hydrogen) atoms. The normalized spacial score (nSPS) is 51.0. The van der Waals surface area contributed by atoms with E-state index in [0.29, 0.717) is 11.8 Å². The predicted octanol–water partition coefficient (Wildman–Crippen LogP) is 2.84. The van der Waals surface area contributed by atoms with Gasteiger partial charge in [-0.15, -0.1) is 0 Å². The highest BCUT2D eigenvalue weighted by Crippen LogP contribution is 2.72. The van der Waals surface area contributed by atoms with Gasteiger partial charge in [-0.3, -0.25) is 4.79 Å². The van der Waals surface area contributed by atoms with Crippen molar-refractivity contribution < 1.29 is 9.90 Å². The molecule has 2 fully saturated rings. The SMILES string of the molecule is CC[C@]12CC[C@H](C1)[C@@H]1C=CC[C@@]12C(=O)O. The standard InChI is InChI=1S/C13H18O2/c1-2-12-7-5-9(8-12)10-4-3-6-13(10,12)11(14)15/h3-4,9-10H,2,5-8H2,1H3,(H,14,15)/t9-,10+,12+,13+/m1/s1. The summed E-state index contributed by atoms with van der Waals surface area (Å²) in [5.74, 6) is 0.449. The van der Waals surface area contributed by atoms with Crippen molar-refractivity contribution in [3.63, 3.8) is 0 Å². The largest absolute Gasteiger partial charge is 0.481 e. The Labute approximate surface area is 90.4 Å². The van der Waals surface area contributed by atoms with E-state index in [1.807, 2.05) is 0 Å². The lowest BCUT2D eigenvalue weighted by Gasteiger charge is -2.44. The molecule has 1 N–H and O–H groups in total. The average Bonchev–Trinajstić information content (AvgIpc) is 2.88. The molecule has 2 saturated carbocycles. The van der Waals surface area contributed by atoms with Gasteiger partial charge in [0, 0.05) is 0 Å². The van der Waals surface area contributed by atoms with E-state index in [-0.39, 0.29) is 5.41 Å². The molecule has 0 aromatic heterocycles. The maximum atomic E-state index is 11.7. The summed E-state index contributed by atoms with van der Waals surface area (Å²) in [5, 5.41) is 9.65. The lowest BCUT2D eigenvalue weighted by atomic mass is 9.58. The summed E-state index contributed by atoms with van der Waals surface area (Å²) in [5.41, 5.74) is -0.317. The van der Waals surface area contributed by atoms with Gasteiger partial charge in [0.15, 0.2) is 0 Å². The van der Waals surface area contributed by atoms with Gasteiger partial charge in [0.2, 0.25) is 0 Å². The molecule has 0 radical (unpaired) electrons. The van der Waals surface area contributed by atoms with Gasteiger partial charge in [0.25, 0.3) is 0 Å². The summed E-state index contributed by atoms with van der Waals surface area (Å²) in [4.78, 5) is 11.7. The second kappa shape index (κ2) is 2.66. The van der Waals surface area contributed by atoms with Crippen LogP contribution >= 0.6 is 0 Å². The van der Waals surface area contributed by atoms with Crippen molar-refractivity contribution in [2.45, 2.75) is 39.0 Å². The molecule has 3 aliphatic rings. The monoisotopic (exact) mass is 206 g/mol. The third-order valence-corrected chi connectivity index (χ3v) is 5.51. The quantitative estimate of drug-likeness (QED) is 0.705. The minimum absolute atomic E-state index is 0.109. The lowest BCUT2D eigenvalue weighted by Crippen LogP contribution is -2.47. The predicted molar refractivity (Wildman–Crippen MR) is 57.4 cm³/mol. The van der Waals surface area contributed by atoms with Crippen LogP contribution in [0.1, 0.15) is 39.0 Å². The molecule has 0 saturated heterocycles. The Bertz CT molecular complexity index is 346. The molecule has 0 unspecified atom stereocenters. The van der Waals surface area contributed by atoms with E-state index < -0.39 is 11.4 Å². The van der Waals surface area contributed by atoms with Crippen molar-refractivity contribution >= 4 is 5.97 Å². The van der Waals surface area contributed by atoms with Crippen molar-refractivity contribution in [2.75, 3.05) is 0 Å². The molecule has 0 aromatic carbocycles. The topological polar surface area (TPSA) is 37.3 Å². The highest BCUT2D eigenvalue weighted by Gasteiger charge is 2.69. The Kier molecular flexibility index (Phi) is 1.67. The maximum absolute atomic E-state index is 11.7. The first-order chi connectivity index (χ1) is 7.16. The Morgan fingerprint density at radius 3 is 3.07 bits per heavy atom. The van der Waals surface area contributed by atoms with E-state index in [9.17, 15) is 9.90 Å². The summed E-state index contributed by atoms with van der Waals surface area (Å²) in [6.07, 6.45) is 9.66. The summed E-state index contributed by atoms with van der Waals surface area (Å²) in [6, 6.07) is 0. The van der Waals surface area contributed by atoms with Gasteiger partial charge in [0.05, 0.1) is 5.41 Å². The fourth-order valence-corrected chi connectivity index (χ4v) is 4.80. The Balaban J connectivity index is 2.13. The van der Waals surface area contributed by atoms with Crippen LogP contribution < -0.4 is 0 Å². The van der Waals surface area contributed by atoms with Gasteiger partial charge >= 0.3 is 5.97 Å². The molecular formula is C13H18O2. The zero-order valence-corrected chi connectivity index (χ0v) is 9.20. The van der Waals surface area contributed by atoms with Gasteiger partial charge in [-0.25, -0.2) is 0 Å². The minimum Gasteiger partial charge on any atom is -0.481 e. The smallest absolute Gasteiger partial charge is 0.311 e. The van der Waals surface area contributed by atoms with E-state index in [1.54, 1.807) is 0 Å². The molecule has 82 valence electrons. The van der Waals surface area contributed by atoms with Crippen molar-refractivity contribution in [1.82, 2.24) is 0 Å². The number of allylic oxidation sites excluding steroid dienone is 2. The van der Waals surface area contributed by atoms with Crippen LogP contribution in [0, 0.1) is 22.7 Å². The van der Waals surface area contributed by atoms with Gasteiger partial charge < -0.3 is 5.11 Å². The fourth-order valence-electron chi connectivity index (χ4n) is 4.80. The highest BCUT2D eigenvalue weighted by molar-refractivity contribution is 5.79. The Morgan fingerprint density at radius 2 is 2.40 bits per heavy atom. The zero-order chi connectivity index (χ0) is 10.7. The van der Waals surface area contributed by atoms with Crippen LogP contribution in [0.25, 0.3) is 0 Å². The molecule has 0 aliphatic heterocycles. The number of hydrogen-bond donors (Lipinski definition) is 1. The van der Waals surface area contributed by atoms with Gasteiger partial charge in [-0.2, -0.15) is 0 Å². The first-order valence-electron chi connectivity index (χ1n) is 6.06. The van der Waals surface area contributed by atoms with Gasteiger partial charge in [0.1, 0.15) is 0 Å². The first-order valence-corrected chi connectivity index (χ1v) is 6.06. The number of rotatable bonds is 2. The Hall–Kier alpha value is -0.790. The zero-order valence-electron chi connectivity index (χ0n) is 9.20. The molecule has 2 nitrogen and oxygen atoms in total. The van der Waals surface area contributed by atoms with Crippen LogP contribution in [0.5, 0.6) is 0 Å². The van der Waals surface area contributed by atoms with E-state index >= 15 is 0 Å². The van der Waals surface area contributed by atoms with Gasteiger partial charge in [-0.1, -0.05) is 19.1 Å². The van der Waals surface area contributed by atoms with Crippen molar-refractivity contribution in [2.24, 2.45) is 22.7 Å². The maximum Gasteiger partial charge on any atom is 0.311 e. The second-order valence-electron chi connectivity index (χ2n) is 5.57. The van der Waals surface area contributed by atoms with Crippen molar-refractivity contribution in [1.29, 1.82) is 0 Å². The number of hydrogen-bond acceptors (Lipinski definition) is 1. The molecule has 0 aromatic rings. The minimum atomic E-state index is -0.540. The third-order valence-electron chi connectivity index (χ3n) is 5.51. The summed E-state index contributed by atoms with van der Waals surface area (Å²) in [7, 11) is 0. The Morgan fingerprint density at radius 1 is 1.60 bits per heavy atom. The summed E-state index contributed by atoms with van der Waals surface area (Å²) < 4.78 is 0. The number of carboxylic acids is 1. The highest BCUT2D eigenvalue weighted by atomic mass is 16.4. The van der Waals surface area contributed by atoms with Gasteiger partial charge in [-0.05, 0) is 49.4 Å². The summed E-state index contributed by atoms with van der Waals surface area (Å²) >= 11 is 0. The van der Waals surface area contributed by atoms with Crippen LogP contribution in [-0.4, -0.2) is 11.1 Å². The van der Waals surface area contributed by atoms with E-state index in [0.717, 1.165) is 25.7 Å². The van der Waals surface area contributed by atoms with Crippen molar-refractivity contribution in [3.8, 4) is 0 Å². The molecule has 0 heterocycles. The second-order valence-corrected chi connectivity index (χ2v) is 5.57. The number of carbonyl (C=O) groups is 1. The van der Waals surface area contributed by atoms with Crippen LogP contribution in [0.3, 0.4) is 0 Å². The average molecular weight is 206 g/mol. The number of aliphatic carboxylic acids is 1. The van der Waals surface area contributed by atoms with Crippen molar-refractivity contribution in [3.05, 3.63) is 12.2 Å². The molecular weight excluding hydrogens is 188 g/mol. The van der Waals surface area contributed by atoms with E-state index in [4.69, 9.17) is 0 Å². The van der Waals surface area contributed by atoms with Crippen LogP contribution in [0.2, 0.25) is 0 Å². The number of fused-ring (bicyclic) bond motifs is 5. The van der Waals surface area contributed by atoms with Crippen LogP contribution in [-0.2, 0) is 4.79 Å². The fraction of sp³-hybridized carbons (Fsp3) is 0.769.